The first-order valence-corrected chi connectivity index (χ1v) is 12.2. The molecule has 174 valence electrons. The normalized spacial score (nSPS) is 10.9. The number of rotatable bonds is 8. The number of amides is 1. The summed E-state index contributed by atoms with van der Waals surface area (Å²) in [6.45, 7) is 1.75. The van der Waals surface area contributed by atoms with Crippen LogP contribution in [0.5, 0.6) is 0 Å². The van der Waals surface area contributed by atoms with Crippen LogP contribution in [0.1, 0.15) is 23.2 Å². The predicted octanol–water partition coefficient (Wildman–Crippen LogP) is 5.34. The first kappa shape index (κ1) is 23.8. The first-order chi connectivity index (χ1) is 16.4. The molecule has 0 radical (unpaired) electrons. The molecule has 0 saturated carbocycles. The van der Waals surface area contributed by atoms with Crippen molar-refractivity contribution in [2.45, 2.75) is 30.7 Å². The average Bonchev–Trinajstić information content (AvgIpc) is 3.28. The molecule has 0 fully saturated rings. The summed E-state index contributed by atoms with van der Waals surface area (Å²) in [7, 11) is 0. The molecule has 0 spiro atoms. The molecule has 1 amide bonds. The van der Waals surface area contributed by atoms with Crippen molar-refractivity contribution >= 4 is 34.1 Å². The van der Waals surface area contributed by atoms with E-state index in [4.69, 9.17) is 0 Å². The first-order valence-electron chi connectivity index (χ1n) is 10.4. The molecular weight excluding hydrogens is 478 g/mol. The van der Waals surface area contributed by atoms with E-state index in [1.165, 1.54) is 29.2 Å². The van der Waals surface area contributed by atoms with Crippen molar-refractivity contribution in [2.75, 3.05) is 5.32 Å². The molecule has 0 unspecified atom stereocenters. The lowest BCUT2D eigenvalue weighted by Gasteiger charge is -2.07. The fourth-order valence-electron chi connectivity index (χ4n) is 3.21. The Hall–Kier alpha value is -3.37. The Morgan fingerprint density at radius 3 is 2.65 bits per heavy atom. The van der Waals surface area contributed by atoms with Crippen LogP contribution in [0.15, 0.2) is 63.9 Å². The average molecular weight is 499 g/mol. The molecule has 2 heterocycles. The maximum atomic E-state index is 13.5. The van der Waals surface area contributed by atoms with E-state index in [2.05, 4.69) is 20.3 Å². The van der Waals surface area contributed by atoms with Crippen molar-refractivity contribution < 1.29 is 13.6 Å². The Morgan fingerprint density at radius 1 is 1.12 bits per heavy atom. The number of hydrogen-bond donors (Lipinski definition) is 2. The minimum Gasteiger partial charge on any atom is -0.302 e. The molecule has 34 heavy (non-hydrogen) atoms. The van der Waals surface area contributed by atoms with Crippen LogP contribution in [0.25, 0.3) is 11.3 Å². The topological polar surface area (TPSA) is 87.7 Å². The molecule has 6 nitrogen and oxygen atoms in total. The Kier molecular flexibility index (Phi) is 7.49. The second kappa shape index (κ2) is 10.7. The summed E-state index contributed by atoms with van der Waals surface area (Å²) in [6.07, 6.45) is 0.299. The number of carbonyl (C=O) groups excluding carboxylic acids is 1. The van der Waals surface area contributed by atoms with E-state index < -0.39 is 11.6 Å². The second-order valence-electron chi connectivity index (χ2n) is 7.42. The molecule has 2 aromatic carbocycles. The van der Waals surface area contributed by atoms with Gasteiger partial charge in [0.15, 0.2) is 21.9 Å². The fraction of sp³-hybridized carbons (Fsp3) is 0.167. The summed E-state index contributed by atoms with van der Waals surface area (Å²) < 4.78 is 26.6. The standard InChI is InChI=1S/C24H20F2N4O2S2/c1-14-17(22(32)30-23(27-14)33-12-15-5-3-2-4-6-15)8-10-21(31)29-24-28-20(13-34-24)16-7-9-18(25)19(26)11-16/h2-7,9,11,13H,8,10,12H2,1H3,(H,27,30,32)(H,28,29,31). The highest BCUT2D eigenvalue weighted by Gasteiger charge is 2.13. The van der Waals surface area contributed by atoms with Crippen LogP contribution in [0.3, 0.4) is 0 Å². The zero-order chi connectivity index (χ0) is 24.1. The van der Waals surface area contributed by atoms with E-state index in [1.54, 1.807) is 12.3 Å². The number of aromatic amines is 1. The molecule has 2 aromatic heterocycles. The molecule has 4 aromatic rings. The number of benzene rings is 2. The summed E-state index contributed by atoms with van der Waals surface area (Å²) in [4.78, 5) is 36.4. The minimum absolute atomic E-state index is 0.0716. The third kappa shape index (κ3) is 5.95. The van der Waals surface area contributed by atoms with E-state index >= 15 is 0 Å². The van der Waals surface area contributed by atoms with Crippen LogP contribution in [-0.2, 0) is 17.0 Å². The van der Waals surface area contributed by atoms with E-state index in [0.29, 0.717) is 38.6 Å². The largest absolute Gasteiger partial charge is 0.302 e. The highest BCUT2D eigenvalue weighted by atomic mass is 32.2. The minimum atomic E-state index is -0.963. The zero-order valence-corrected chi connectivity index (χ0v) is 19.7. The van der Waals surface area contributed by atoms with Crippen molar-refractivity contribution in [1.82, 2.24) is 15.0 Å². The third-order valence-corrected chi connectivity index (χ3v) is 6.69. The summed E-state index contributed by atoms with van der Waals surface area (Å²) in [6, 6.07) is 13.4. The second-order valence-corrected chi connectivity index (χ2v) is 9.25. The molecule has 0 saturated heterocycles. The van der Waals surface area contributed by atoms with Gasteiger partial charge in [-0.15, -0.1) is 11.3 Å². The molecule has 0 aliphatic carbocycles. The van der Waals surface area contributed by atoms with Crippen molar-refractivity contribution in [3.8, 4) is 11.3 Å². The number of thioether (sulfide) groups is 1. The Bertz CT molecular complexity index is 1370. The van der Waals surface area contributed by atoms with Crippen molar-refractivity contribution in [3.05, 3.63) is 92.7 Å². The van der Waals surface area contributed by atoms with Gasteiger partial charge in [0.1, 0.15) is 0 Å². The number of hydrogen-bond acceptors (Lipinski definition) is 6. The molecule has 0 aliphatic heterocycles. The van der Waals surface area contributed by atoms with Crippen molar-refractivity contribution in [1.29, 1.82) is 0 Å². The number of aryl methyl sites for hydroxylation is 1. The SMILES string of the molecule is Cc1nc(SCc2ccccc2)[nH]c(=O)c1CCC(=O)Nc1nc(-c2ccc(F)c(F)c2)cs1. The van der Waals surface area contributed by atoms with Gasteiger partial charge in [-0.3, -0.25) is 9.59 Å². The number of thiazole rings is 1. The lowest BCUT2D eigenvalue weighted by Crippen LogP contribution is -2.20. The van der Waals surface area contributed by atoms with Crippen LogP contribution in [0, 0.1) is 18.6 Å². The third-order valence-electron chi connectivity index (χ3n) is 4.99. The quantitative estimate of drug-likeness (QED) is 0.253. The fourth-order valence-corrected chi connectivity index (χ4v) is 4.81. The van der Waals surface area contributed by atoms with Gasteiger partial charge >= 0.3 is 0 Å². The number of nitrogens with one attached hydrogen (secondary N) is 2. The molecule has 0 atom stereocenters. The summed E-state index contributed by atoms with van der Waals surface area (Å²) >= 11 is 2.62. The lowest BCUT2D eigenvalue weighted by atomic mass is 10.1. The van der Waals surface area contributed by atoms with Crippen LogP contribution >= 0.6 is 23.1 Å². The molecule has 0 bridgehead atoms. The molecule has 2 N–H and O–H groups in total. The Balaban J connectivity index is 1.34. The highest BCUT2D eigenvalue weighted by Crippen LogP contribution is 2.26. The number of anilines is 1. The van der Waals surface area contributed by atoms with E-state index in [-0.39, 0.29) is 24.3 Å². The van der Waals surface area contributed by atoms with Crippen LogP contribution in [0.2, 0.25) is 0 Å². The van der Waals surface area contributed by atoms with Crippen LogP contribution in [-0.4, -0.2) is 20.9 Å². The lowest BCUT2D eigenvalue weighted by molar-refractivity contribution is -0.116. The maximum Gasteiger partial charge on any atom is 0.254 e. The number of nitrogens with zero attached hydrogens (tertiary/aromatic N) is 2. The van der Waals surface area contributed by atoms with Crippen LogP contribution < -0.4 is 10.9 Å². The van der Waals surface area contributed by atoms with Crippen molar-refractivity contribution in [3.63, 3.8) is 0 Å². The van der Waals surface area contributed by atoms with Gasteiger partial charge in [-0.2, -0.15) is 0 Å². The van der Waals surface area contributed by atoms with Crippen LogP contribution in [0.4, 0.5) is 13.9 Å². The van der Waals surface area contributed by atoms with Crippen molar-refractivity contribution in [2.24, 2.45) is 0 Å². The summed E-state index contributed by atoms with van der Waals surface area (Å²) in [5.41, 5.74) is 2.75. The number of aromatic nitrogens is 3. The molecule has 10 heteroatoms. The van der Waals surface area contributed by atoms with Gasteiger partial charge in [-0.1, -0.05) is 42.1 Å². The number of carbonyl (C=O) groups is 1. The van der Waals surface area contributed by atoms with Gasteiger partial charge in [-0.05, 0) is 37.1 Å². The van der Waals surface area contributed by atoms with Gasteiger partial charge in [0, 0.05) is 34.4 Å². The predicted molar refractivity (Wildman–Crippen MR) is 130 cm³/mol. The maximum absolute atomic E-state index is 13.5. The zero-order valence-electron chi connectivity index (χ0n) is 18.1. The summed E-state index contributed by atoms with van der Waals surface area (Å²) in [5.74, 6) is -1.52. The van der Waals surface area contributed by atoms with Gasteiger partial charge in [0.25, 0.3) is 5.56 Å². The van der Waals surface area contributed by atoms with Gasteiger partial charge < -0.3 is 10.3 Å². The monoisotopic (exact) mass is 498 g/mol. The summed E-state index contributed by atoms with van der Waals surface area (Å²) in [5, 5.41) is 5.20. The molecule has 4 rings (SSSR count). The van der Waals surface area contributed by atoms with E-state index in [9.17, 15) is 18.4 Å². The molecular formula is C24H20F2N4O2S2. The Morgan fingerprint density at radius 2 is 1.91 bits per heavy atom. The number of halogens is 2. The highest BCUT2D eigenvalue weighted by molar-refractivity contribution is 7.98. The van der Waals surface area contributed by atoms with E-state index in [0.717, 1.165) is 17.7 Å². The van der Waals surface area contributed by atoms with Gasteiger partial charge in [0.05, 0.1) is 5.69 Å². The van der Waals surface area contributed by atoms with Gasteiger partial charge in [-0.25, -0.2) is 18.7 Å². The van der Waals surface area contributed by atoms with Gasteiger partial charge in [0.2, 0.25) is 5.91 Å². The van der Waals surface area contributed by atoms with E-state index in [1.807, 2.05) is 30.3 Å². The Labute approximate surface area is 202 Å². The smallest absolute Gasteiger partial charge is 0.254 e. The molecule has 0 aliphatic rings. The number of H-pyrrole nitrogens is 1.